The maximum atomic E-state index is 12.4. The number of hydrogen-bond donors (Lipinski definition) is 2. The van der Waals surface area contributed by atoms with Gasteiger partial charge in [-0.2, -0.15) is 0 Å². The quantitative estimate of drug-likeness (QED) is 0.688. The van der Waals surface area contributed by atoms with Crippen LogP contribution in [0.25, 0.3) is 0 Å². The molecule has 124 valence electrons. The SMILES string of the molecule is CO[C@H](CF)CNCCCCc1ccc2c(n1)NCC(C)C2. The Bertz CT molecular complexity index is 452. The van der Waals surface area contributed by atoms with Gasteiger partial charge < -0.3 is 15.4 Å². The summed E-state index contributed by atoms with van der Waals surface area (Å²) in [6.45, 7) is 4.30. The standard InChI is InChI=1S/C17H28FN3O/c1-13-9-14-6-7-15(21-17(14)20-11-13)5-3-4-8-19-12-16(10-18)22-2/h6-7,13,16,19H,3-5,8-12H2,1-2H3,(H,20,21)/t13?,16-/m1/s1. The van der Waals surface area contributed by atoms with E-state index in [1.54, 1.807) is 7.11 Å². The molecule has 4 nitrogen and oxygen atoms in total. The fraction of sp³-hybridized carbons (Fsp3) is 0.706. The average molecular weight is 309 g/mol. The normalized spacial score (nSPS) is 18.6. The van der Waals surface area contributed by atoms with Gasteiger partial charge >= 0.3 is 0 Å². The summed E-state index contributed by atoms with van der Waals surface area (Å²) in [4.78, 5) is 4.72. The number of aryl methyl sites for hydroxylation is 1. The van der Waals surface area contributed by atoms with Crippen molar-refractivity contribution >= 4 is 5.82 Å². The van der Waals surface area contributed by atoms with Crippen molar-refractivity contribution in [3.63, 3.8) is 0 Å². The third-order valence-corrected chi connectivity index (χ3v) is 4.14. The van der Waals surface area contributed by atoms with E-state index in [1.807, 2.05) is 0 Å². The highest BCUT2D eigenvalue weighted by Crippen LogP contribution is 2.23. The summed E-state index contributed by atoms with van der Waals surface area (Å²) in [5, 5.41) is 6.65. The van der Waals surface area contributed by atoms with Crippen LogP contribution in [0.4, 0.5) is 10.2 Å². The lowest BCUT2D eigenvalue weighted by Crippen LogP contribution is -2.30. The fourth-order valence-electron chi connectivity index (χ4n) is 2.72. The van der Waals surface area contributed by atoms with Crippen LogP contribution in [0.1, 0.15) is 31.0 Å². The molecule has 0 bridgehead atoms. The molecule has 1 aliphatic heterocycles. The minimum Gasteiger partial charge on any atom is -0.377 e. The Labute approximate surface area is 132 Å². The summed E-state index contributed by atoms with van der Waals surface area (Å²) in [7, 11) is 1.54. The third kappa shape index (κ3) is 5.21. The molecule has 1 unspecified atom stereocenters. The van der Waals surface area contributed by atoms with Crippen molar-refractivity contribution in [3.05, 3.63) is 23.4 Å². The molecule has 2 N–H and O–H groups in total. The molecular weight excluding hydrogens is 281 g/mol. The molecule has 2 rings (SSSR count). The van der Waals surface area contributed by atoms with Crippen LogP contribution in [0.15, 0.2) is 12.1 Å². The van der Waals surface area contributed by atoms with E-state index in [0.717, 1.165) is 50.3 Å². The number of aromatic nitrogens is 1. The van der Waals surface area contributed by atoms with E-state index in [-0.39, 0.29) is 6.10 Å². The highest BCUT2D eigenvalue weighted by atomic mass is 19.1. The van der Waals surface area contributed by atoms with Crippen LogP contribution in [0.5, 0.6) is 0 Å². The largest absolute Gasteiger partial charge is 0.377 e. The zero-order chi connectivity index (χ0) is 15.8. The lowest BCUT2D eigenvalue weighted by atomic mass is 9.97. The van der Waals surface area contributed by atoms with Crippen molar-refractivity contribution < 1.29 is 9.13 Å². The number of rotatable bonds is 9. The second-order valence-corrected chi connectivity index (χ2v) is 6.17. The number of fused-ring (bicyclic) bond motifs is 1. The summed E-state index contributed by atoms with van der Waals surface area (Å²) < 4.78 is 17.4. The maximum absolute atomic E-state index is 12.4. The van der Waals surface area contributed by atoms with Gasteiger partial charge in [0.1, 0.15) is 12.5 Å². The van der Waals surface area contributed by atoms with Gasteiger partial charge in [0.2, 0.25) is 0 Å². The first-order valence-electron chi connectivity index (χ1n) is 8.25. The average Bonchev–Trinajstić information content (AvgIpc) is 2.54. The van der Waals surface area contributed by atoms with E-state index in [1.165, 1.54) is 5.56 Å². The molecule has 1 aromatic heterocycles. The first kappa shape index (κ1) is 17.2. The van der Waals surface area contributed by atoms with Crippen molar-refractivity contribution in [2.24, 2.45) is 5.92 Å². The highest BCUT2D eigenvalue weighted by molar-refractivity contribution is 5.47. The lowest BCUT2D eigenvalue weighted by Gasteiger charge is -2.22. The monoisotopic (exact) mass is 309 g/mol. The molecule has 1 aromatic rings. The third-order valence-electron chi connectivity index (χ3n) is 4.14. The fourth-order valence-corrected chi connectivity index (χ4v) is 2.72. The number of halogens is 1. The number of ether oxygens (including phenoxy) is 1. The van der Waals surface area contributed by atoms with Crippen molar-refractivity contribution in [1.29, 1.82) is 0 Å². The molecular formula is C17H28FN3O. The number of nitrogens with one attached hydrogen (secondary N) is 2. The van der Waals surface area contributed by atoms with Crippen molar-refractivity contribution in [2.45, 2.75) is 38.7 Å². The maximum Gasteiger partial charge on any atom is 0.129 e. The van der Waals surface area contributed by atoms with E-state index in [9.17, 15) is 4.39 Å². The van der Waals surface area contributed by atoms with Gasteiger partial charge in [0.25, 0.3) is 0 Å². The smallest absolute Gasteiger partial charge is 0.129 e. The number of anilines is 1. The van der Waals surface area contributed by atoms with E-state index in [0.29, 0.717) is 12.5 Å². The van der Waals surface area contributed by atoms with Gasteiger partial charge in [0, 0.05) is 25.9 Å². The minimum absolute atomic E-state index is 0.323. The Balaban J connectivity index is 1.65. The predicted octanol–water partition coefficient (Wildman–Crippen LogP) is 2.58. The molecule has 0 amide bonds. The first-order valence-corrected chi connectivity index (χ1v) is 8.25. The highest BCUT2D eigenvalue weighted by Gasteiger charge is 2.15. The van der Waals surface area contributed by atoms with Crippen LogP contribution in [-0.4, -0.2) is 44.5 Å². The molecule has 1 aliphatic rings. The Morgan fingerprint density at radius 1 is 1.45 bits per heavy atom. The molecule has 0 radical (unpaired) electrons. The zero-order valence-corrected chi connectivity index (χ0v) is 13.7. The molecule has 2 atom stereocenters. The van der Waals surface area contributed by atoms with Gasteiger partial charge in [-0.15, -0.1) is 0 Å². The van der Waals surface area contributed by atoms with E-state index in [4.69, 9.17) is 9.72 Å². The van der Waals surface area contributed by atoms with Crippen LogP contribution in [0.3, 0.4) is 0 Å². The molecule has 2 heterocycles. The number of alkyl halides is 1. The molecule has 0 spiro atoms. The zero-order valence-electron chi connectivity index (χ0n) is 13.7. The number of hydrogen-bond acceptors (Lipinski definition) is 4. The van der Waals surface area contributed by atoms with Crippen LogP contribution in [0.2, 0.25) is 0 Å². The molecule has 22 heavy (non-hydrogen) atoms. The Kier molecular flexibility index (Phi) is 7.06. The Hall–Kier alpha value is -1.20. The second kappa shape index (κ2) is 9.06. The van der Waals surface area contributed by atoms with Gasteiger partial charge in [0.15, 0.2) is 0 Å². The molecule has 0 saturated heterocycles. The van der Waals surface area contributed by atoms with Gasteiger partial charge in [-0.1, -0.05) is 13.0 Å². The van der Waals surface area contributed by atoms with E-state index < -0.39 is 6.67 Å². The molecule has 5 heteroatoms. The number of pyridine rings is 1. The van der Waals surface area contributed by atoms with E-state index >= 15 is 0 Å². The number of unbranched alkanes of at least 4 members (excludes halogenated alkanes) is 1. The molecule has 0 fully saturated rings. The van der Waals surface area contributed by atoms with Gasteiger partial charge in [-0.3, -0.25) is 0 Å². The first-order chi connectivity index (χ1) is 10.7. The van der Waals surface area contributed by atoms with E-state index in [2.05, 4.69) is 29.7 Å². The van der Waals surface area contributed by atoms with Crippen LogP contribution in [0, 0.1) is 5.92 Å². The van der Waals surface area contributed by atoms with Crippen molar-refractivity contribution in [1.82, 2.24) is 10.3 Å². The molecule has 0 saturated carbocycles. The van der Waals surface area contributed by atoms with Gasteiger partial charge in [-0.25, -0.2) is 9.37 Å². The lowest BCUT2D eigenvalue weighted by molar-refractivity contribution is 0.0791. The van der Waals surface area contributed by atoms with Crippen LogP contribution < -0.4 is 10.6 Å². The summed E-state index contributed by atoms with van der Waals surface area (Å²) in [6, 6.07) is 4.36. The summed E-state index contributed by atoms with van der Waals surface area (Å²) in [6.07, 6.45) is 3.93. The number of nitrogens with zero attached hydrogens (tertiary/aromatic N) is 1. The van der Waals surface area contributed by atoms with Crippen molar-refractivity contribution in [2.75, 3.05) is 38.7 Å². The number of methoxy groups -OCH3 is 1. The topological polar surface area (TPSA) is 46.2 Å². The summed E-state index contributed by atoms with van der Waals surface area (Å²) in [5.41, 5.74) is 2.49. The van der Waals surface area contributed by atoms with Crippen LogP contribution in [-0.2, 0) is 17.6 Å². The van der Waals surface area contributed by atoms with Crippen LogP contribution >= 0.6 is 0 Å². The molecule has 0 aliphatic carbocycles. The Morgan fingerprint density at radius 2 is 2.32 bits per heavy atom. The van der Waals surface area contributed by atoms with Gasteiger partial charge in [-0.05, 0) is 49.8 Å². The summed E-state index contributed by atoms with van der Waals surface area (Å²) >= 11 is 0. The van der Waals surface area contributed by atoms with Crippen molar-refractivity contribution in [3.8, 4) is 0 Å². The predicted molar refractivity (Wildman–Crippen MR) is 88.2 cm³/mol. The second-order valence-electron chi connectivity index (χ2n) is 6.17. The minimum atomic E-state index is -0.436. The Morgan fingerprint density at radius 3 is 3.09 bits per heavy atom. The molecule has 0 aromatic carbocycles. The summed E-state index contributed by atoms with van der Waals surface area (Å²) in [5.74, 6) is 1.76. The van der Waals surface area contributed by atoms with Gasteiger partial charge in [0.05, 0.1) is 6.10 Å².